The van der Waals surface area contributed by atoms with Crippen LogP contribution in [0.3, 0.4) is 0 Å². The summed E-state index contributed by atoms with van der Waals surface area (Å²) in [5.41, 5.74) is 5.89. The maximum Gasteiger partial charge on any atom is 0.137 e. The van der Waals surface area contributed by atoms with Gasteiger partial charge in [0, 0.05) is 12.2 Å². The predicted molar refractivity (Wildman–Crippen MR) is 106 cm³/mol. The van der Waals surface area contributed by atoms with E-state index in [1.807, 2.05) is 6.20 Å². The molecule has 3 aromatic heterocycles. The number of hydrogen-bond acceptors (Lipinski definition) is 3. The normalized spacial score (nSPS) is 22.8. The van der Waals surface area contributed by atoms with E-state index in [1.165, 1.54) is 43.2 Å². The van der Waals surface area contributed by atoms with Gasteiger partial charge < -0.3 is 5.32 Å². The van der Waals surface area contributed by atoms with Crippen molar-refractivity contribution in [3.05, 3.63) is 47.8 Å². The summed E-state index contributed by atoms with van der Waals surface area (Å²) in [4.78, 5) is 9.53. The van der Waals surface area contributed by atoms with Gasteiger partial charge >= 0.3 is 0 Å². The van der Waals surface area contributed by atoms with Crippen LogP contribution in [-0.2, 0) is 0 Å². The molecule has 0 amide bonds. The van der Waals surface area contributed by atoms with E-state index in [1.54, 1.807) is 0 Å². The lowest BCUT2D eigenvalue weighted by Gasteiger charge is -2.18. The van der Waals surface area contributed by atoms with E-state index in [0.29, 0.717) is 6.04 Å². The molecule has 2 fully saturated rings. The Hall–Kier alpha value is -2.36. The van der Waals surface area contributed by atoms with Crippen molar-refractivity contribution >= 4 is 11.5 Å². The second-order valence-electron chi connectivity index (χ2n) is 8.12. The maximum absolute atomic E-state index is 4.90. The zero-order valence-corrected chi connectivity index (χ0v) is 15.6. The number of nitrogens with zero attached hydrogens (tertiary/aromatic N) is 3. The standard InChI is InChI=1S/C22H26N4/c1-14-5-3-6-18(14)24-21-8-4-7-19(25-21)20-12-23-22-11-15(2)17(13-26(20)22)16-9-10-16/h4,7-8,11-14,16,18H,3,5-6,9-10H2,1-2H3,(H,24,25)/t14-,18-/m0/s1. The topological polar surface area (TPSA) is 42.2 Å². The number of nitrogens with one attached hydrogen (secondary N) is 1. The average molecular weight is 346 g/mol. The molecule has 2 aliphatic carbocycles. The van der Waals surface area contributed by atoms with Crippen LogP contribution in [0.25, 0.3) is 17.0 Å². The van der Waals surface area contributed by atoms with E-state index in [9.17, 15) is 0 Å². The summed E-state index contributed by atoms with van der Waals surface area (Å²) in [6.07, 6.45) is 10.7. The van der Waals surface area contributed by atoms with Crippen molar-refractivity contribution in [2.45, 2.75) is 57.9 Å². The summed E-state index contributed by atoms with van der Waals surface area (Å²) >= 11 is 0. The molecule has 0 saturated heterocycles. The molecule has 0 aromatic carbocycles. The third kappa shape index (κ3) is 2.77. The highest BCUT2D eigenvalue weighted by molar-refractivity contribution is 5.63. The SMILES string of the molecule is Cc1cc2ncc(-c3cccc(N[C@H]4CCC[C@@H]4C)n3)n2cc1C1CC1. The molecule has 0 spiro atoms. The van der Waals surface area contributed by atoms with Crippen LogP contribution in [-0.4, -0.2) is 20.4 Å². The number of hydrogen-bond donors (Lipinski definition) is 1. The van der Waals surface area contributed by atoms with Gasteiger partial charge in [-0.15, -0.1) is 0 Å². The highest BCUT2D eigenvalue weighted by Crippen LogP contribution is 2.42. The van der Waals surface area contributed by atoms with Crippen LogP contribution in [0.15, 0.2) is 36.7 Å². The Morgan fingerprint density at radius 2 is 2.04 bits per heavy atom. The molecule has 3 heterocycles. The van der Waals surface area contributed by atoms with Gasteiger partial charge in [0.2, 0.25) is 0 Å². The number of pyridine rings is 2. The number of aromatic nitrogens is 3. The fraction of sp³-hybridized carbons (Fsp3) is 0.455. The van der Waals surface area contributed by atoms with Gasteiger partial charge in [-0.2, -0.15) is 0 Å². The molecule has 2 saturated carbocycles. The third-order valence-corrected chi connectivity index (χ3v) is 6.12. The smallest absolute Gasteiger partial charge is 0.137 e. The number of fused-ring (bicyclic) bond motifs is 1. The molecule has 2 atom stereocenters. The van der Waals surface area contributed by atoms with Gasteiger partial charge in [-0.1, -0.05) is 19.4 Å². The van der Waals surface area contributed by atoms with E-state index < -0.39 is 0 Å². The van der Waals surface area contributed by atoms with E-state index in [0.717, 1.165) is 34.7 Å². The molecule has 4 nitrogen and oxygen atoms in total. The third-order valence-electron chi connectivity index (χ3n) is 6.12. The lowest BCUT2D eigenvalue weighted by molar-refractivity contribution is 0.555. The van der Waals surface area contributed by atoms with Crippen molar-refractivity contribution in [1.82, 2.24) is 14.4 Å². The van der Waals surface area contributed by atoms with Crippen molar-refractivity contribution in [2.24, 2.45) is 5.92 Å². The number of aryl methyl sites for hydroxylation is 1. The Bertz CT molecular complexity index is 954. The summed E-state index contributed by atoms with van der Waals surface area (Å²) in [6.45, 7) is 4.54. The summed E-state index contributed by atoms with van der Waals surface area (Å²) in [6, 6.07) is 9.02. The van der Waals surface area contributed by atoms with Crippen LogP contribution in [0.4, 0.5) is 5.82 Å². The fourth-order valence-corrected chi connectivity index (χ4v) is 4.35. The zero-order chi connectivity index (χ0) is 17.7. The zero-order valence-electron chi connectivity index (χ0n) is 15.6. The minimum Gasteiger partial charge on any atom is -0.367 e. The molecule has 2 aliphatic rings. The van der Waals surface area contributed by atoms with Crippen LogP contribution in [0.5, 0.6) is 0 Å². The quantitative estimate of drug-likeness (QED) is 0.707. The van der Waals surface area contributed by atoms with Crippen LogP contribution in [0, 0.1) is 12.8 Å². The lowest BCUT2D eigenvalue weighted by Crippen LogP contribution is -2.22. The number of rotatable bonds is 4. The van der Waals surface area contributed by atoms with Crippen molar-refractivity contribution in [1.29, 1.82) is 0 Å². The van der Waals surface area contributed by atoms with Gasteiger partial charge in [0.25, 0.3) is 0 Å². The predicted octanol–water partition coefficient (Wildman–Crippen LogP) is 5.18. The molecule has 26 heavy (non-hydrogen) atoms. The summed E-state index contributed by atoms with van der Waals surface area (Å²) in [7, 11) is 0. The van der Waals surface area contributed by atoms with E-state index in [2.05, 4.69) is 59.0 Å². The lowest BCUT2D eigenvalue weighted by atomic mass is 10.1. The first-order valence-electron chi connectivity index (χ1n) is 9.90. The van der Waals surface area contributed by atoms with Crippen molar-refractivity contribution in [3.8, 4) is 11.4 Å². The molecule has 3 aromatic rings. The molecule has 5 rings (SSSR count). The first-order valence-corrected chi connectivity index (χ1v) is 9.90. The molecule has 0 bridgehead atoms. The fourth-order valence-electron chi connectivity index (χ4n) is 4.35. The summed E-state index contributed by atoms with van der Waals surface area (Å²) in [5, 5.41) is 3.65. The Labute approximate surface area is 154 Å². The summed E-state index contributed by atoms with van der Waals surface area (Å²) in [5.74, 6) is 2.44. The van der Waals surface area contributed by atoms with Crippen LogP contribution in [0.2, 0.25) is 0 Å². The van der Waals surface area contributed by atoms with Crippen molar-refractivity contribution in [2.75, 3.05) is 5.32 Å². The monoisotopic (exact) mass is 346 g/mol. The van der Waals surface area contributed by atoms with Crippen LogP contribution >= 0.6 is 0 Å². The highest BCUT2D eigenvalue weighted by Gasteiger charge is 2.26. The molecule has 4 heteroatoms. The summed E-state index contributed by atoms with van der Waals surface area (Å²) < 4.78 is 2.21. The van der Waals surface area contributed by atoms with Gasteiger partial charge in [-0.05, 0) is 73.8 Å². The largest absolute Gasteiger partial charge is 0.367 e. The molecule has 134 valence electrons. The average Bonchev–Trinajstić information content (AvgIpc) is 3.29. The number of imidazole rings is 1. The first kappa shape index (κ1) is 15.9. The molecule has 0 radical (unpaired) electrons. The van der Waals surface area contributed by atoms with Gasteiger partial charge in [-0.3, -0.25) is 4.40 Å². The van der Waals surface area contributed by atoms with E-state index in [-0.39, 0.29) is 0 Å². The van der Waals surface area contributed by atoms with Crippen molar-refractivity contribution < 1.29 is 0 Å². The minimum absolute atomic E-state index is 0.545. The van der Waals surface area contributed by atoms with Gasteiger partial charge in [0.1, 0.15) is 11.5 Å². The van der Waals surface area contributed by atoms with Gasteiger partial charge in [-0.25, -0.2) is 9.97 Å². The minimum atomic E-state index is 0.545. The second-order valence-corrected chi connectivity index (χ2v) is 8.12. The molecular weight excluding hydrogens is 320 g/mol. The van der Waals surface area contributed by atoms with Gasteiger partial charge in [0.05, 0.1) is 17.6 Å². The Morgan fingerprint density at radius 1 is 1.15 bits per heavy atom. The molecule has 0 aliphatic heterocycles. The molecule has 1 N–H and O–H groups in total. The molecular formula is C22H26N4. The number of anilines is 1. The van der Waals surface area contributed by atoms with E-state index >= 15 is 0 Å². The Balaban J connectivity index is 1.51. The van der Waals surface area contributed by atoms with E-state index in [4.69, 9.17) is 4.98 Å². The van der Waals surface area contributed by atoms with Gasteiger partial charge in [0.15, 0.2) is 0 Å². The van der Waals surface area contributed by atoms with Crippen LogP contribution < -0.4 is 5.32 Å². The Morgan fingerprint density at radius 3 is 2.81 bits per heavy atom. The molecule has 0 unspecified atom stereocenters. The van der Waals surface area contributed by atoms with Crippen LogP contribution in [0.1, 0.15) is 56.1 Å². The maximum atomic E-state index is 4.90. The first-order chi connectivity index (χ1) is 12.7. The Kier molecular flexibility index (Phi) is 3.73. The van der Waals surface area contributed by atoms with Crippen molar-refractivity contribution in [3.63, 3.8) is 0 Å². The second kappa shape index (κ2) is 6.11. The highest BCUT2D eigenvalue weighted by atomic mass is 15.1.